The summed E-state index contributed by atoms with van der Waals surface area (Å²) in [5.74, 6) is 0. The highest BCUT2D eigenvalue weighted by Gasteiger charge is 2.39. The summed E-state index contributed by atoms with van der Waals surface area (Å²) >= 11 is 1.89. The van der Waals surface area contributed by atoms with Crippen LogP contribution in [0.5, 0.6) is 0 Å². The van der Waals surface area contributed by atoms with Gasteiger partial charge in [-0.2, -0.15) is 0 Å². The predicted molar refractivity (Wildman–Crippen MR) is 200 cm³/mol. The maximum Gasteiger partial charge on any atom is 0.0361 e. The summed E-state index contributed by atoms with van der Waals surface area (Å²) in [7, 11) is 0. The van der Waals surface area contributed by atoms with Gasteiger partial charge in [0.15, 0.2) is 0 Å². The Hall–Kier alpha value is -5.24. The lowest BCUT2D eigenvalue weighted by molar-refractivity contribution is 0.668. The van der Waals surface area contributed by atoms with E-state index in [2.05, 4.69) is 159 Å². The minimum atomic E-state index is -0.163. The minimum absolute atomic E-state index is 0.163. The van der Waals surface area contributed by atoms with Crippen LogP contribution in [-0.4, -0.2) is 0 Å². The normalized spacial score (nSPS) is 13.6. The molecule has 10 rings (SSSR count). The molecule has 9 aromatic rings. The van der Waals surface area contributed by atoms with Crippen LogP contribution in [0.2, 0.25) is 0 Å². The van der Waals surface area contributed by atoms with Crippen LogP contribution in [0.3, 0.4) is 0 Å². The van der Waals surface area contributed by atoms with E-state index in [0.717, 1.165) is 0 Å². The van der Waals surface area contributed by atoms with Crippen molar-refractivity contribution in [2.24, 2.45) is 0 Å². The summed E-state index contributed by atoms with van der Waals surface area (Å²) < 4.78 is 2.67. The molecule has 1 heterocycles. The molecule has 1 aliphatic carbocycles. The van der Waals surface area contributed by atoms with E-state index in [9.17, 15) is 0 Å². The molecule has 0 amide bonds. The number of benzene rings is 8. The van der Waals surface area contributed by atoms with Crippen molar-refractivity contribution < 1.29 is 0 Å². The quantitative estimate of drug-likeness (QED) is 0.173. The number of thiophene rings is 1. The Labute approximate surface area is 272 Å². The van der Waals surface area contributed by atoms with Gasteiger partial charge in [0, 0.05) is 25.6 Å². The molecule has 1 aliphatic rings. The average molecular weight is 603 g/mol. The SMILES string of the molecule is CC1(C)c2c(cccc2-c2c3ccccc3c(-c3cccc4sc5ccccc5c34)c3ccccc23)-c2ccc3ccccc3c21. The third-order valence-electron chi connectivity index (χ3n) is 10.4. The van der Waals surface area contributed by atoms with Gasteiger partial charge in [0.1, 0.15) is 0 Å². The Balaban J connectivity index is 1.34. The van der Waals surface area contributed by atoms with Crippen LogP contribution in [0.25, 0.3) is 85.9 Å². The Morgan fingerprint density at radius 3 is 1.59 bits per heavy atom. The number of hydrogen-bond donors (Lipinski definition) is 0. The van der Waals surface area contributed by atoms with Crippen molar-refractivity contribution in [3.05, 3.63) is 157 Å². The van der Waals surface area contributed by atoms with Crippen LogP contribution >= 0.6 is 11.3 Å². The Morgan fingerprint density at radius 1 is 0.370 bits per heavy atom. The van der Waals surface area contributed by atoms with Crippen molar-refractivity contribution in [1.82, 2.24) is 0 Å². The molecule has 0 bridgehead atoms. The second-order valence-corrected chi connectivity index (χ2v) is 14.3. The van der Waals surface area contributed by atoms with E-state index >= 15 is 0 Å². The molecule has 0 aliphatic heterocycles. The van der Waals surface area contributed by atoms with Crippen LogP contribution in [0.1, 0.15) is 25.0 Å². The first-order chi connectivity index (χ1) is 22.6. The number of hydrogen-bond acceptors (Lipinski definition) is 1. The standard InChI is InChI=1S/C45H30S/c1-45(2)43-28-14-4-3-13-27(28)25-26-34(43)33-20-11-22-37(44(33)45)41-31-17-7-5-15-29(31)40(30-16-6-8-18-32(30)41)36-21-12-24-39-42(36)35-19-9-10-23-38(35)46-39/h3-26H,1-2H3. The molecule has 0 nitrogen and oxygen atoms in total. The lowest BCUT2D eigenvalue weighted by Crippen LogP contribution is -2.17. The molecule has 0 radical (unpaired) electrons. The van der Waals surface area contributed by atoms with E-state index in [1.54, 1.807) is 0 Å². The molecule has 0 spiro atoms. The highest BCUT2D eigenvalue weighted by Crippen LogP contribution is 2.56. The molecule has 216 valence electrons. The van der Waals surface area contributed by atoms with Crippen molar-refractivity contribution in [1.29, 1.82) is 0 Å². The second kappa shape index (κ2) is 9.39. The van der Waals surface area contributed by atoms with Crippen LogP contribution in [0, 0.1) is 0 Å². The lowest BCUT2D eigenvalue weighted by atomic mass is 9.75. The van der Waals surface area contributed by atoms with Gasteiger partial charge in [-0.3, -0.25) is 0 Å². The second-order valence-electron chi connectivity index (χ2n) is 13.2. The fourth-order valence-corrected chi connectivity index (χ4v) is 9.78. The zero-order chi connectivity index (χ0) is 30.6. The van der Waals surface area contributed by atoms with E-state index in [1.807, 2.05) is 11.3 Å². The smallest absolute Gasteiger partial charge is 0.0361 e. The third kappa shape index (κ3) is 3.39. The predicted octanol–water partition coefficient (Wildman–Crippen LogP) is 13.2. The maximum atomic E-state index is 2.43. The maximum absolute atomic E-state index is 2.43. The topological polar surface area (TPSA) is 0 Å². The molecule has 1 heteroatoms. The van der Waals surface area contributed by atoms with Crippen molar-refractivity contribution in [3.63, 3.8) is 0 Å². The summed E-state index contributed by atoms with van der Waals surface area (Å²) in [5, 5.41) is 10.6. The molecule has 0 saturated heterocycles. The number of rotatable bonds is 2. The lowest BCUT2D eigenvalue weighted by Gasteiger charge is -2.27. The molecule has 0 saturated carbocycles. The summed E-state index contributed by atoms with van der Waals surface area (Å²) in [5.41, 5.74) is 10.7. The first kappa shape index (κ1) is 26.0. The van der Waals surface area contributed by atoms with E-state index in [-0.39, 0.29) is 5.41 Å². The zero-order valence-corrected chi connectivity index (χ0v) is 26.6. The van der Waals surface area contributed by atoms with Gasteiger partial charge in [-0.1, -0.05) is 147 Å². The monoisotopic (exact) mass is 602 g/mol. The summed E-state index contributed by atoms with van der Waals surface area (Å²) in [4.78, 5) is 0. The van der Waals surface area contributed by atoms with Gasteiger partial charge in [0.25, 0.3) is 0 Å². The summed E-state index contributed by atoms with van der Waals surface area (Å²) in [6, 6.07) is 54.4. The highest BCUT2D eigenvalue weighted by molar-refractivity contribution is 7.25. The molecule has 0 N–H and O–H groups in total. The highest BCUT2D eigenvalue weighted by atomic mass is 32.1. The van der Waals surface area contributed by atoms with Crippen LogP contribution in [0.15, 0.2) is 146 Å². The first-order valence-electron chi connectivity index (χ1n) is 16.1. The van der Waals surface area contributed by atoms with E-state index in [1.165, 1.54) is 97.0 Å². The minimum Gasteiger partial charge on any atom is -0.135 e. The van der Waals surface area contributed by atoms with E-state index in [4.69, 9.17) is 0 Å². The van der Waals surface area contributed by atoms with E-state index < -0.39 is 0 Å². The van der Waals surface area contributed by atoms with Crippen molar-refractivity contribution in [2.45, 2.75) is 19.3 Å². The Morgan fingerprint density at radius 2 is 0.870 bits per heavy atom. The first-order valence-corrected chi connectivity index (χ1v) is 16.9. The van der Waals surface area contributed by atoms with Crippen LogP contribution in [0.4, 0.5) is 0 Å². The molecule has 0 fully saturated rings. The summed E-state index contributed by atoms with van der Waals surface area (Å²) in [6.07, 6.45) is 0. The van der Waals surface area contributed by atoms with E-state index in [0.29, 0.717) is 0 Å². The van der Waals surface area contributed by atoms with Crippen LogP contribution < -0.4 is 0 Å². The number of fused-ring (bicyclic) bond motifs is 10. The van der Waals surface area contributed by atoms with Gasteiger partial charge in [-0.25, -0.2) is 0 Å². The third-order valence-corrected chi connectivity index (χ3v) is 11.5. The van der Waals surface area contributed by atoms with Gasteiger partial charge < -0.3 is 0 Å². The van der Waals surface area contributed by atoms with Crippen LogP contribution in [-0.2, 0) is 5.41 Å². The van der Waals surface area contributed by atoms with Gasteiger partial charge in [-0.15, -0.1) is 11.3 Å². The van der Waals surface area contributed by atoms with Gasteiger partial charge >= 0.3 is 0 Å². The molecule has 1 aromatic heterocycles. The van der Waals surface area contributed by atoms with Crippen molar-refractivity contribution >= 4 is 63.8 Å². The average Bonchev–Trinajstić information content (AvgIpc) is 3.60. The van der Waals surface area contributed by atoms with Gasteiger partial charge in [0.2, 0.25) is 0 Å². The zero-order valence-electron chi connectivity index (χ0n) is 25.8. The summed E-state index contributed by atoms with van der Waals surface area (Å²) in [6.45, 7) is 4.85. The molecule has 0 unspecified atom stereocenters. The van der Waals surface area contributed by atoms with Crippen molar-refractivity contribution in [2.75, 3.05) is 0 Å². The fraction of sp³-hybridized carbons (Fsp3) is 0.0667. The fourth-order valence-electron chi connectivity index (χ4n) is 8.64. The van der Waals surface area contributed by atoms with Gasteiger partial charge in [-0.05, 0) is 89.0 Å². The van der Waals surface area contributed by atoms with Gasteiger partial charge in [0.05, 0.1) is 0 Å². The Kier molecular flexibility index (Phi) is 5.31. The molecular formula is C45H30S. The molecule has 8 aromatic carbocycles. The van der Waals surface area contributed by atoms with Crippen molar-refractivity contribution in [3.8, 4) is 33.4 Å². The molecular weight excluding hydrogens is 573 g/mol. The molecule has 46 heavy (non-hydrogen) atoms. The Bertz CT molecular complexity index is 2660. The molecule has 0 atom stereocenters. The largest absolute Gasteiger partial charge is 0.135 e.